The van der Waals surface area contributed by atoms with E-state index in [9.17, 15) is 9.59 Å². The molecule has 1 atom stereocenters. The van der Waals surface area contributed by atoms with Gasteiger partial charge in [-0.2, -0.15) is 0 Å². The van der Waals surface area contributed by atoms with Crippen LogP contribution in [-0.2, 0) is 11.2 Å². The monoisotopic (exact) mass is 464 g/mol. The fourth-order valence-electron chi connectivity index (χ4n) is 4.00. The molecule has 0 bridgehead atoms. The van der Waals surface area contributed by atoms with E-state index in [1.807, 2.05) is 36.4 Å². The number of hydrogen-bond acceptors (Lipinski definition) is 6. The number of nitrogens with one attached hydrogen (secondary N) is 2. The molecule has 0 saturated carbocycles. The van der Waals surface area contributed by atoms with Gasteiger partial charge in [-0.05, 0) is 55.8 Å². The second-order valence-electron chi connectivity index (χ2n) is 7.98. The van der Waals surface area contributed by atoms with Gasteiger partial charge >= 0.3 is 0 Å². The normalized spacial score (nSPS) is 14.6. The van der Waals surface area contributed by atoms with Crippen LogP contribution in [0.5, 0.6) is 5.75 Å². The van der Waals surface area contributed by atoms with Crippen LogP contribution in [0.4, 0.5) is 5.13 Å². The van der Waals surface area contributed by atoms with Crippen LogP contribution in [0, 0.1) is 0 Å². The number of likely N-dealkylation sites (tertiary alicyclic amines) is 1. The number of aromatic nitrogens is 1. The largest absolute Gasteiger partial charge is 0.497 e. The van der Waals surface area contributed by atoms with E-state index in [2.05, 4.69) is 26.6 Å². The van der Waals surface area contributed by atoms with Crippen molar-refractivity contribution >= 4 is 28.3 Å². The number of ether oxygens (including phenoxy) is 1. The number of thiazole rings is 1. The molecule has 3 aromatic rings. The van der Waals surface area contributed by atoms with E-state index in [4.69, 9.17) is 4.74 Å². The van der Waals surface area contributed by atoms with E-state index in [1.54, 1.807) is 24.6 Å². The molecule has 1 fully saturated rings. The van der Waals surface area contributed by atoms with Crippen LogP contribution in [0.1, 0.15) is 40.5 Å². The topological polar surface area (TPSA) is 83.6 Å². The minimum atomic E-state index is -0.215. The van der Waals surface area contributed by atoms with Gasteiger partial charge in [0.05, 0.1) is 25.3 Å². The average Bonchev–Trinajstić information content (AvgIpc) is 3.52. The molecule has 2 N–H and O–H groups in total. The number of nitrogens with zero attached hydrogens (tertiary/aromatic N) is 2. The fourth-order valence-corrected chi connectivity index (χ4v) is 4.71. The highest BCUT2D eigenvalue weighted by atomic mass is 32.1. The van der Waals surface area contributed by atoms with Crippen molar-refractivity contribution in [2.45, 2.75) is 25.3 Å². The lowest BCUT2D eigenvalue weighted by Gasteiger charge is -2.28. The summed E-state index contributed by atoms with van der Waals surface area (Å²) in [7, 11) is 1.66. The maximum Gasteiger partial charge on any atom is 0.257 e. The predicted octanol–water partition coefficient (Wildman–Crippen LogP) is 3.90. The first kappa shape index (κ1) is 22.9. The number of carbonyl (C=O) groups excluding carboxylic acids is 2. The first-order chi connectivity index (χ1) is 16.1. The summed E-state index contributed by atoms with van der Waals surface area (Å²) in [6, 6.07) is 17.1. The second kappa shape index (κ2) is 11.1. The molecule has 2 heterocycles. The zero-order valence-electron chi connectivity index (χ0n) is 18.6. The molecular formula is C25H28N4O3S. The Morgan fingerprint density at radius 2 is 1.91 bits per heavy atom. The zero-order chi connectivity index (χ0) is 23.0. The molecule has 1 aromatic heterocycles. The van der Waals surface area contributed by atoms with Crippen molar-refractivity contribution in [1.29, 1.82) is 0 Å². The third-order valence-corrected chi connectivity index (χ3v) is 6.51. The van der Waals surface area contributed by atoms with Crippen molar-refractivity contribution in [2.75, 3.05) is 32.1 Å². The van der Waals surface area contributed by atoms with Crippen molar-refractivity contribution < 1.29 is 14.3 Å². The van der Waals surface area contributed by atoms with Crippen LogP contribution in [0.25, 0.3) is 0 Å². The number of amides is 2. The molecule has 2 aromatic carbocycles. The van der Waals surface area contributed by atoms with Gasteiger partial charge in [-0.15, -0.1) is 11.3 Å². The highest BCUT2D eigenvalue weighted by molar-refractivity contribution is 7.14. The summed E-state index contributed by atoms with van der Waals surface area (Å²) in [4.78, 5) is 31.8. The molecule has 1 saturated heterocycles. The molecular weight excluding hydrogens is 436 g/mol. The minimum absolute atomic E-state index is 0.0895. The van der Waals surface area contributed by atoms with E-state index in [-0.39, 0.29) is 24.3 Å². The molecule has 1 aliphatic rings. The Balaban J connectivity index is 1.34. The number of anilines is 1. The van der Waals surface area contributed by atoms with E-state index in [0.29, 0.717) is 22.9 Å². The molecule has 0 radical (unpaired) electrons. The second-order valence-corrected chi connectivity index (χ2v) is 8.84. The standard InChI is InChI=1S/C25H28N4O3S/c1-32-21-11-7-10-19(14-21)22(29-12-5-6-13-29)16-26-23(30)15-20-17-33-25(27-20)28-24(31)18-8-3-2-4-9-18/h2-4,7-11,14,17,22H,5-6,12-13,15-16H2,1H3,(H,26,30)(H,27,28,31). The third-order valence-electron chi connectivity index (χ3n) is 5.70. The van der Waals surface area contributed by atoms with E-state index in [0.717, 1.165) is 24.4 Å². The lowest BCUT2D eigenvalue weighted by molar-refractivity contribution is -0.120. The summed E-state index contributed by atoms with van der Waals surface area (Å²) >= 11 is 1.32. The zero-order valence-corrected chi connectivity index (χ0v) is 19.4. The molecule has 2 amide bonds. The summed E-state index contributed by atoms with van der Waals surface area (Å²) in [5.74, 6) is 0.511. The Morgan fingerprint density at radius 3 is 2.67 bits per heavy atom. The first-order valence-corrected chi connectivity index (χ1v) is 12.0. The van der Waals surface area contributed by atoms with Crippen molar-refractivity contribution in [3.8, 4) is 5.75 Å². The predicted molar refractivity (Wildman–Crippen MR) is 130 cm³/mol. The number of rotatable bonds is 9. The van der Waals surface area contributed by atoms with Gasteiger partial charge < -0.3 is 10.1 Å². The van der Waals surface area contributed by atoms with Crippen LogP contribution < -0.4 is 15.4 Å². The Morgan fingerprint density at radius 1 is 1.12 bits per heavy atom. The Bertz CT molecular complexity index is 1080. The van der Waals surface area contributed by atoms with Crippen molar-refractivity contribution in [3.05, 3.63) is 76.8 Å². The van der Waals surface area contributed by atoms with Gasteiger partial charge in [-0.25, -0.2) is 4.98 Å². The lowest BCUT2D eigenvalue weighted by atomic mass is 10.0. The van der Waals surface area contributed by atoms with Crippen LogP contribution in [0.2, 0.25) is 0 Å². The van der Waals surface area contributed by atoms with Crippen molar-refractivity contribution in [1.82, 2.24) is 15.2 Å². The first-order valence-electron chi connectivity index (χ1n) is 11.1. The summed E-state index contributed by atoms with van der Waals surface area (Å²) in [5, 5.41) is 8.16. The van der Waals surface area contributed by atoms with Crippen LogP contribution in [0.3, 0.4) is 0 Å². The van der Waals surface area contributed by atoms with Crippen molar-refractivity contribution in [2.24, 2.45) is 0 Å². The molecule has 4 rings (SSSR count). The van der Waals surface area contributed by atoms with E-state index < -0.39 is 0 Å². The molecule has 0 spiro atoms. The maximum absolute atomic E-state index is 12.7. The van der Waals surface area contributed by atoms with Gasteiger partial charge in [0.1, 0.15) is 5.75 Å². The highest BCUT2D eigenvalue weighted by Gasteiger charge is 2.24. The van der Waals surface area contributed by atoms with Gasteiger partial charge in [-0.3, -0.25) is 19.8 Å². The summed E-state index contributed by atoms with van der Waals surface area (Å²) in [6.07, 6.45) is 2.51. The average molecular weight is 465 g/mol. The Labute approximate surface area is 197 Å². The van der Waals surface area contributed by atoms with Gasteiger partial charge in [0.15, 0.2) is 5.13 Å². The maximum atomic E-state index is 12.7. The van der Waals surface area contributed by atoms with Gasteiger partial charge in [-0.1, -0.05) is 30.3 Å². The van der Waals surface area contributed by atoms with Gasteiger partial charge in [0, 0.05) is 17.5 Å². The molecule has 7 nitrogen and oxygen atoms in total. The number of hydrogen-bond donors (Lipinski definition) is 2. The summed E-state index contributed by atoms with van der Waals surface area (Å²) in [6.45, 7) is 2.57. The Hall–Kier alpha value is -3.23. The number of benzene rings is 2. The molecule has 1 aliphatic heterocycles. The van der Waals surface area contributed by atoms with Crippen LogP contribution in [-0.4, -0.2) is 48.4 Å². The third kappa shape index (κ3) is 6.18. The van der Waals surface area contributed by atoms with Crippen LogP contribution in [0.15, 0.2) is 60.0 Å². The van der Waals surface area contributed by atoms with Gasteiger partial charge in [0.25, 0.3) is 5.91 Å². The lowest BCUT2D eigenvalue weighted by Crippen LogP contribution is -2.37. The van der Waals surface area contributed by atoms with E-state index >= 15 is 0 Å². The summed E-state index contributed by atoms with van der Waals surface area (Å²) in [5.41, 5.74) is 2.34. The molecule has 172 valence electrons. The Kier molecular flexibility index (Phi) is 7.70. The minimum Gasteiger partial charge on any atom is -0.497 e. The van der Waals surface area contributed by atoms with E-state index in [1.165, 1.54) is 24.2 Å². The smallest absolute Gasteiger partial charge is 0.257 e. The van der Waals surface area contributed by atoms with Crippen molar-refractivity contribution in [3.63, 3.8) is 0 Å². The molecule has 1 unspecified atom stereocenters. The summed E-state index contributed by atoms with van der Waals surface area (Å²) < 4.78 is 5.39. The van der Waals surface area contributed by atoms with Gasteiger partial charge in [0.2, 0.25) is 5.91 Å². The number of carbonyl (C=O) groups is 2. The van der Waals surface area contributed by atoms with Crippen LogP contribution >= 0.6 is 11.3 Å². The quantitative estimate of drug-likeness (QED) is 0.502. The molecule has 0 aliphatic carbocycles. The number of methoxy groups -OCH3 is 1. The highest BCUT2D eigenvalue weighted by Crippen LogP contribution is 2.27. The molecule has 8 heteroatoms. The fraction of sp³-hybridized carbons (Fsp3) is 0.320. The SMILES string of the molecule is COc1cccc(C(CNC(=O)Cc2csc(NC(=O)c3ccccc3)n2)N2CCCC2)c1. The molecule has 33 heavy (non-hydrogen) atoms.